The van der Waals surface area contributed by atoms with Crippen LogP contribution in [0, 0.1) is 0 Å². The fourth-order valence-electron chi connectivity index (χ4n) is 4.07. The maximum atomic E-state index is 9.26. The first-order chi connectivity index (χ1) is 16.3. The average molecular weight is 439 g/mol. The highest BCUT2D eigenvalue weighted by Gasteiger charge is 2.23. The van der Waals surface area contributed by atoms with Gasteiger partial charge in [0.15, 0.2) is 0 Å². The Morgan fingerprint density at radius 3 is 1.12 bits per heavy atom. The molecule has 0 spiro atoms. The summed E-state index contributed by atoms with van der Waals surface area (Å²) < 4.78 is 6.90. The standard InChI is InChI=1S/C30H30O3/c31-21-19-23-11-15-27(16-12-23)29(25-7-3-1-4-8-25)33-30(26-9-5-2-6-10-26)28-17-13-24(14-18-28)20-22-32/h1-18,29-32H,19-22H2. The fourth-order valence-corrected chi connectivity index (χ4v) is 4.07. The molecule has 0 heterocycles. The third-order valence-electron chi connectivity index (χ3n) is 5.84. The van der Waals surface area contributed by atoms with Crippen LogP contribution in [0.3, 0.4) is 0 Å². The van der Waals surface area contributed by atoms with Crippen LogP contribution in [0.15, 0.2) is 109 Å². The van der Waals surface area contributed by atoms with E-state index in [2.05, 4.69) is 72.8 Å². The average Bonchev–Trinajstić information content (AvgIpc) is 2.88. The quantitative estimate of drug-likeness (QED) is 0.336. The van der Waals surface area contributed by atoms with Crippen LogP contribution >= 0.6 is 0 Å². The molecule has 0 radical (unpaired) electrons. The molecule has 0 aliphatic rings. The van der Waals surface area contributed by atoms with Crippen molar-refractivity contribution < 1.29 is 14.9 Å². The molecule has 0 aliphatic heterocycles. The summed E-state index contributed by atoms with van der Waals surface area (Å²) in [6.07, 6.45) is 0.780. The molecule has 0 saturated heterocycles. The van der Waals surface area contributed by atoms with E-state index >= 15 is 0 Å². The lowest BCUT2D eigenvalue weighted by Crippen LogP contribution is -2.13. The van der Waals surface area contributed by atoms with Crippen LogP contribution < -0.4 is 0 Å². The van der Waals surface area contributed by atoms with Crippen molar-refractivity contribution in [3.05, 3.63) is 143 Å². The van der Waals surface area contributed by atoms with Gasteiger partial charge in [-0.25, -0.2) is 0 Å². The van der Waals surface area contributed by atoms with Gasteiger partial charge in [-0.1, -0.05) is 109 Å². The summed E-state index contributed by atoms with van der Waals surface area (Å²) >= 11 is 0. The van der Waals surface area contributed by atoms with Gasteiger partial charge in [0.25, 0.3) is 0 Å². The SMILES string of the molecule is OCCc1ccc(C(OC(c2ccccc2)c2ccc(CCO)cc2)c2ccccc2)cc1. The maximum Gasteiger partial charge on any atom is 0.109 e. The largest absolute Gasteiger partial charge is 0.396 e. The predicted molar refractivity (Wildman–Crippen MR) is 132 cm³/mol. The van der Waals surface area contributed by atoms with Gasteiger partial charge in [-0.3, -0.25) is 0 Å². The van der Waals surface area contributed by atoms with Crippen molar-refractivity contribution in [3.8, 4) is 0 Å². The van der Waals surface area contributed by atoms with Crippen molar-refractivity contribution in [1.29, 1.82) is 0 Å². The van der Waals surface area contributed by atoms with Crippen LogP contribution in [-0.2, 0) is 17.6 Å². The molecule has 0 aromatic heterocycles. The van der Waals surface area contributed by atoms with E-state index in [4.69, 9.17) is 4.74 Å². The van der Waals surface area contributed by atoms with E-state index in [9.17, 15) is 10.2 Å². The molecule has 0 saturated carbocycles. The summed E-state index contributed by atoms with van der Waals surface area (Å²) in [7, 11) is 0. The number of aliphatic hydroxyl groups excluding tert-OH is 2. The molecular weight excluding hydrogens is 408 g/mol. The molecule has 4 aromatic carbocycles. The number of aliphatic hydroxyl groups is 2. The zero-order valence-corrected chi connectivity index (χ0v) is 18.7. The highest BCUT2D eigenvalue weighted by atomic mass is 16.5. The van der Waals surface area contributed by atoms with E-state index in [1.54, 1.807) is 0 Å². The van der Waals surface area contributed by atoms with Crippen LogP contribution in [0.25, 0.3) is 0 Å². The van der Waals surface area contributed by atoms with Crippen LogP contribution in [0.4, 0.5) is 0 Å². The molecule has 0 fully saturated rings. The lowest BCUT2D eigenvalue weighted by atomic mass is 9.96. The van der Waals surface area contributed by atoms with Gasteiger partial charge in [0.2, 0.25) is 0 Å². The van der Waals surface area contributed by atoms with Crippen LogP contribution in [-0.4, -0.2) is 23.4 Å². The minimum absolute atomic E-state index is 0.139. The summed E-state index contributed by atoms with van der Waals surface area (Å²) in [5.74, 6) is 0. The van der Waals surface area contributed by atoms with E-state index < -0.39 is 0 Å². The van der Waals surface area contributed by atoms with Crippen molar-refractivity contribution in [2.75, 3.05) is 13.2 Å². The van der Waals surface area contributed by atoms with Crippen LogP contribution in [0.2, 0.25) is 0 Å². The number of hydrogen-bond donors (Lipinski definition) is 2. The molecule has 0 bridgehead atoms. The molecule has 2 atom stereocenters. The first-order valence-corrected chi connectivity index (χ1v) is 11.4. The van der Waals surface area contributed by atoms with E-state index in [0.717, 1.165) is 33.4 Å². The van der Waals surface area contributed by atoms with E-state index in [0.29, 0.717) is 12.8 Å². The van der Waals surface area contributed by atoms with Gasteiger partial charge in [0.05, 0.1) is 0 Å². The van der Waals surface area contributed by atoms with E-state index in [1.807, 2.05) is 36.4 Å². The summed E-state index contributed by atoms with van der Waals surface area (Å²) in [5.41, 5.74) is 6.52. The Morgan fingerprint density at radius 1 is 0.455 bits per heavy atom. The lowest BCUT2D eigenvalue weighted by Gasteiger charge is -2.27. The minimum Gasteiger partial charge on any atom is -0.396 e. The monoisotopic (exact) mass is 438 g/mol. The second kappa shape index (κ2) is 11.6. The molecule has 168 valence electrons. The summed E-state index contributed by atoms with van der Waals surface area (Å²) in [6, 6.07) is 37.2. The molecule has 0 amide bonds. The van der Waals surface area contributed by atoms with E-state index in [1.165, 1.54) is 0 Å². The Bertz CT molecular complexity index is 1000. The van der Waals surface area contributed by atoms with Gasteiger partial charge in [-0.05, 0) is 46.2 Å². The molecular formula is C30H30O3. The molecule has 2 N–H and O–H groups in total. The highest BCUT2D eigenvalue weighted by Crippen LogP contribution is 2.36. The minimum atomic E-state index is -0.253. The fraction of sp³-hybridized carbons (Fsp3) is 0.200. The number of ether oxygens (including phenoxy) is 1. The van der Waals surface area contributed by atoms with Gasteiger partial charge in [0, 0.05) is 13.2 Å². The molecule has 4 rings (SSSR count). The number of hydrogen-bond acceptors (Lipinski definition) is 3. The van der Waals surface area contributed by atoms with Crippen molar-refractivity contribution >= 4 is 0 Å². The number of rotatable bonds is 10. The molecule has 33 heavy (non-hydrogen) atoms. The van der Waals surface area contributed by atoms with Crippen molar-refractivity contribution in [3.63, 3.8) is 0 Å². The number of benzene rings is 4. The Morgan fingerprint density at radius 2 is 0.788 bits per heavy atom. The van der Waals surface area contributed by atoms with Crippen LogP contribution in [0.5, 0.6) is 0 Å². The van der Waals surface area contributed by atoms with Gasteiger partial charge in [0.1, 0.15) is 12.2 Å². The van der Waals surface area contributed by atoms with Gasteiger partial charge >= 0.3 is 0 Å². The maximum absolute atomic E-state index is 9.26. The second-order valence-corrected chi connectivity index (χ2v) is 8.15. The molecule has 3 nitrogen and oxygen atoms in total. The molecule has 3 heteroatoms. The second-order valence-electron chi connectivity index (χ2n) is 8.15. The van der Waals surface area contributed by atoms with Gasteiger partial charge in [-0.2, -0.15) is 0 Å². The summed E-state index contributed by atoms with van der Waals surface area (Å²) in [6.45, 7) is 0.278. The molecule has 0 aliphatic carbocycles. The van der Waals surface area contributed by atoms with Crippen molar-refractivity contribution in [2.45, 2.75) is 25.0 Å². The third kappa shape index (κ3) is 5.96. The first kappa shape index (κ1) is 22.9. The Labute approximate surface area is 195 Å². The molecule has 4 aromatic rings. The highest BCUT2D eigenvalue weighted by molar-refractivity contribution is 5.36. The van der Waals surface area contributed by atoms with Gasteiger partial charge < -0.3 is 14.9 Å². The summed E-state index contributed by atoms with van der Waals surface area (Å²) in [5, 5.41) is 18.5. The van der Waals surface area contributed by atoms with Crippen molar-refractivity contribution in [1.82, 2.24) is 0 Å². The van der Waals surface area contributed by atoms with Gasteiger partial charge in [-0.15, -0.1) is 0 Å². The summed E-state index contributed by atoms with van der Waals surface area (Å²) in [4.78, 5) is 0. The normalized spacial score (nSPS) is 12.9. The zero-order chi connectivity index (χ0) is 22.9. The first-order valence-electron chi connectivity index (χ1n) is 11.4. The Balaban J connectivity index is 1.72. The molecule has 2 unspecified atom stereocenters. The van der Waals surface area contributed by atoms with E-state index in [-0.39, 0.29) is 25.4 Å². The van der Waals surface area contributed by atoms with Crippen LogP contribution in [0.1, 0.15) is 45.6 Å². The lowest BCUT2D eigenvalue weighted by molar-refractivity contribution is 0.0308. The third-order valence-corrected chi connectivity index (χ3v) is 5.84. The zero-order valence-electron chi connectivity index (χ0n) is 18.7. The Hall–Kier alpha value is -3.24. The van der Waals surface area contributed by atoms with Crippen molar-refractivity contribution in [2.24, 2.45) is 0 Å². The predicted octanol–water partition coefficient (Wildman–Crippen LogP) is 5.65. The Kier molecular flexibility index (Phi) is 8.04. The smallest absolute Gasteiger partial charge is 0.109 e. The topological polar surface area (TPSA) is 49.7 Å².